The summed E-state index contributed by atoms with van der Waals surface area (Å²) < 4.78 is 11.2. The van der Waals surface area contributed by atoms with E-state index in [1.165, 1.54) is 0 Å². The van der Waals surface area contributed by atoms with Crippen LogP contribution in [0, 0.1) is 11.3 Å². The van der Waals surface area contributed by atoms with Gasteiger partial charge in [-0.3, -0.25) is 0 Å². The molecule has 3 N–H and O–H groups in total. The summed E-state index contributed by atoms with van der Waals surface area (Å²) >= 11 is 0. The number of hydrogen-bond acceptors (Lipinski definition) is 4. The van der Waals surface area contributed by atoms with Crippen LogP contribution in [-0.4, -0.2) is 44.1 Å². The van der Waals surface area contributed by atoms with Crippen molar-refractivity contribution in [2.75, 3.05) is 26.4 Å². The molecule has 1 aliphatic heterocycles. The van der Waals surface area contributed by atoms with Crippen LogP contribution in [-0.2, 0) is 9.47 Å². The van der Waals surface area contributed by atoms with E-state index in [1.807, 2.05) is 6.92 Å². The van der Waals surface area contributed by atoms with Gasteiger partial charge < -0.3 is 20.5 Å². The molecule has 4 unspecified atom stereocenters. The van der Waals surface area contributed by atoms with Crippen molar-refractivity contribution >= 4 is 0 Å². The lowest BCUT2D eigenvalue weighted by Crippen LogP contribution is -2.73. The van der Waals surface area contributed by atoms with Crippen molar-refractivity contribution < 1.29 is 9.47 Å². The lowest BCUT2D eigenvalue weighted by Gasteiger charge is -2.59. The van der Waals surface area contributed by atoms with E-state index in [1.54, 1.807) is 0 Å². The standard InChI is InChI=1S/C15H30N2O2/c1-5-19-13-8-15(16,14(13,3)4)10-17-11(2)12-6-7-18-9-12/h11-13,17H,5-10,16H2,1-4H3. The van der Waals surface area contributed by atoms with Crippen LogP contribution in [0.15, 0.2) is 0 Å². The fourth-order valence-corrected chi connectivity index (χ4v) is 3.26. The molecule has 0 radical (unpaired) electrons. The maximum Gasteiger partial charge on any atom is 0.0662 e. The summed E-state index contributed by atoms with van der Waals surface area (Å²) in [5.74, 6) is 0.634. The van der Waals surface area contributed by atoms with Crippen LogP contribution in [0.25, 0.3) is 0 Å². The van der Waals surface area contributed by atoms with Crippen LogP contribution in [0.2, 0.25) is 0 Å². The van der Waals surface area contributed by atoms with Crippen LogP contribution in [0.3, 0.4) is 0 Å². The summed E-state index contributed by atoms with van der Waals surface area (Å²) in [6.45, 7) is 12.2. The third-order valence-corrected chi connectivity index (χ3v) is 5.42. The van der Waals surface area contributed by atoms with Gasteiger partial charge in [-0.05, 0) is 32.6 Å². The fourth-order valence-electron chi connectivity index (χ4n) is 3.26. The lowest BCUT2D eigenvalue weighted by atomic mass is 9.54. The number of nitrogens with one attached hydrogen (secondary N) is 1. The van der Waals surface area contributed by atoms with Crippen LogP contribution in [0.1, 0.15) is 40.5 Å². The number of nitrogens with two attached hydrogens (primary N) is 1. The van der Waals surface area contributed by atoms with E-state index in [9.17, 15) is 0 Å². The number of ether oxygens (including phenoxy) is 2. The van der Waals surface area contributed by atoms with Gasteiger partial charge >= 0.3 is 0 Å². The van der Waals surface area contributed by atoms with Crippen molar-refractivity contribution in [2.45, 2.75) is 58.2 Å². The predicted octanol–water partition coefficient (Wildman–Crippen LogP) is 1.53. The monoisotopic (exact) mass is 270 g/mol. The average Bonchev–Trinajstić information content (AvgIpc) is 2.89. The molecule has 0 aromatic rings. The molecule has 0 bridgehead atoms. The molecule has 0 aromatic heterocycles. The Morgan fingerprint density at radius 2 is 2.21 bits per heavy atom. The van der Waals surface area contributed by atoms with Gasteiger partial charge in [0.25, 0.3) is 0 Å². The maximum atomic E-state index is 6.57. The third kappa shape index (κ3) is 2.82. The van der Waals surface area contributed by atoms with Gasteiger partial charge in [-0.1, -0.05) is 13.8 Å². The second-order valence-electron chi connectivity index (χ2n) is 6.82. The molecule has 19 heavy (non-hydrogen) atoms. The van der Waals surface area contributed by atoms with Gasteiger partial charge in [0.05, 0.1) is 12.7 Å². The second-order valence-corrected chi connectivity index (χ2v) is 6.82. The Balaban J connectivity index is 1.82. The van der Waals surface area contributed by atoms with Gasteiger partial charge in [-0.25, -0.2) is 0 Å². The molecule has 4 nitrogen and oxygen atoms in total. The Morgan fingerprint density at radius 3 is 2.74 bits per heavy atom. The van der Waals surface area contributed by atoms with E-state index >= 15 is 0 Å². The first kappa shape index (κ1) is 15.2. The number of rotatable bonds is 6. The zero-order chi connectivity index (χ0) is 14.1. The van der Waals surface area contributed by atoms with Gasteiger partial charge in [0, 0.05) is 36.8 Å². The molecule has 112 valence electrons. The van der Waals surface area contributed by atoms with E-state index < -0.39 is 0 Å². The molecule has 1 aliphatic carbocycles. The quantitative estimate of drug-likeness (QED) is 0.768. The molecular weight excluding hydrogens is 240 g/mol. The van der Waals surface area contributed by atoms with Crippen molar-refractivity contribution in [3.05, 3.63) is 0 Å². The normalized spacial score (nSPS) is 39.0. The maximum absolute atomic E-state index is 6.57. The zero-order valence-corrected chi connectivity index (χ0v) is 12.9. The predicted molar refractivity (Wildman–Crippen MR) is 77.1 cm³/mol. The highest BCUT2D eigenvalue weighted by Gasteiger charge is 2.58. The highest BCUT2D eigenvalue weighted by molar-refractivity contribution is 5.14. The Morgan fingerprint density at radius 1 is 1.47 bits per heavy atom. The Labute approximate surface area is 117 Å². The molecule has 0 amide bonds. The highest BCUT2D eigenvalue weighted by Crippen LogP contribution is 2.49. The Kier molecular flexibility index (Phi) is 4.56. The topological polar surface area (TPSA) is 56.5 Å². The smallest absolute Gasteiger partial charge is 0.0662 e. The minimum atomic E-state index is -0.152. The van der Waals surface area contributed by atoms with Gasteiger partial charge in [0.15, 0.2) is 0 Å². The van der Waals surface area contributed by atoms with Crippen LogP contribution in [0.4, 0.5) is 0 Å². The van der Waals surface area contributed by atoms with E-state index in [-0.39, 0.29) is 11.0 Å². The molecule has 4 heteroatoms. The first-order valence-electron chi connectivity index (χ1n) is 7.62. The van der Waals surface area contributed by atoms with Crippen LogP contribution < -0.4 is 11.1 Å². The third-order valence-electron chi connectivity index (χ3n) is 5.42. The summed E-state index contributed by atoms with van der Waals surface area (Å²) in [4.78, 5) is 0. The minimum Gasteiger partial charge on any atom is -0.381 e. The van der Waals surface area contributed by atoms with E-state index in [0.717, 1.165) is 39.2 Å². The second kappa shape index (κ2) is 5.68. The molecule has 2 rings (SSSR count). The largest absolute Gasteiger partial charge is 0.381 e. The highest BCUT2D eigenvalue weighted by atomic mass is 16.5. The van der Waals surface area contributed by atoms with Gasteiger partial charge in [-0.15, -0.1) is 0 Å². The molecular formula is C15H30N2O2. The Bertz CT molecular complexity index is 303. The summed E-state index contributed by atoms with van der Waals surface area (Å²) in [5, 5.41) is 3.62. The summed E-state index contributed by atoms with van der Waals surface area (Å²) in [7, 11) is 0. The van der Waals surface area contributed by atoms with Crippen LogP contribution >= 0.6 is 0 Å². The van der Waals surface area contributed by atoms with Crippen molar-refractivity contribution in [2.24, 2.45) is 17.1 Å². The molecule has 1 saturated heterocycles. The van der Waals surface area contributed by atoms with Crippen molar-refractivity contribution in [1.82, 2.24) is 5.32 Å². The van der Waals surface area contributed by atoms with E-state index in [4.69, 9.17) is 15.2 Å². The van der Waals surface area contributed by atoms with Gasteiger partial charge in [0.1, 0.15) is 0 Å². The molecule has 1 saturated carbocycles. The zero-order valence-electron chi connectivity index (χ0n) is 12.9. The number of hydrogen-bond donors (Lipinski definition) is 2. The van der Waals surface area contributed by atoms with E-state index in [0.29, 0.717) is 18.1 Å². The molecule has 2 aliphatic rings. The minimum absolute atomic E-state index is 0.0436. The first-order chi connectivity index (χ1) is 8.90. The van der Waals surface area contributed by atoms with Gasteiger partial charge in [-0.2, -0.15) is 0 Å². The molecule has 0 spiro atoms. The van der Waals surface area contributed by atoms with Crippen molar-refractivity contribution in [3.8, 4) is 0 Å². The lowest BCUT2D eigenvalue weighted by molar-refractivity contribution is -0.148. The molecule has 1 heterocycles. The summed E-state index contributed by atoms with van der Waals surface area (Å²) in [6.07, 6.45) is 2.42. The van der Waals surface area contributed by atoms with Crippen LogP contribution in [0.5, 0.6) is 0 Å². The molecule has 4 atom stereocenters. The Hall–Kier alpha value is -0.160. The first-order valence-corrected chi connectivity index (χ1v) is 7.62. The van der Waals surface area contributed by atoms with Crippen molar-refractivity contribution in [3.63, 3.8) is 0 Å². The van der Waals surface area contributed by atoms with Crippen molar-refractivity contribution in [1.29, 1.82) is 0 Å². The molecule has 0 aromatic carbocycles. The van der Waals surface area contributed by atoms with E-state index in [2.05, 4.69) is 26.1 Å². The molecule has 2 fully saturated rings. The average molecular weight is 270 g/mol. The summed E-state index contributed by atoms with van der Waals surface area (Å²) in [6, 6.07) is 0.477. The van der Waals surface area contributed by atoms with Gasteiger partial charge in [0.2, 0.25) is 0 Å². The SMILES string of the molecule is CCOC1CC(N)(CNC(C)C2CCOC2)C1(C)C. The fraction of sp³-hybridized carbons (Fsp3) is 1.00. The summed E-state index contributed by atoms with van der Waals surface area (Å²) in [5.41, 5.74) is 6.47.